The number of carbonyl (C=O) groups excluding carboxylic acids is 1. The van der Waals surface area contributed by atoms with Crippen molar-refractivity contribution in [2.75, 3.05) is 18.4 Å². The van der Waals surface area contributed by atoms with Crippen LogP contribution in [0.25, 0.3) is 12.2 Å². The molecule has 166 valence electrons. The van der Waals surface area contributed by atoms with E-state index in [-0.39, 0.29) is 11.4 Å². The van der Waals surface area contributed by atoms with Gasteiger partial charge in [-0.05, 0) is 31.8 Å². The van der Waals surface area contributed by atoms with Crippen LogP contribution >= 0.6 is 11.3 Å². The van der Waals surface area contributed by atoms with Crippen molar-refractivity contribution in [3.05, 3.63) is 28.9 Å². The van der Waals surface area contributed by atoms with Crippen molar-refractivity contribution < 1.29 is 14.3 Å². The Morgan fingerprint density at radius 1 is 1.33 bits per heavy atom. The number of likely N-dealkylation sites (tertiary alicyclic amines) is 1. The number of urea groups is 1. The van der Waals surface area contributed by atoms with Crippen LogP contribution in [0.5, 0.6) is 0 Å². The van der Waals surface area contributed by atoms with Gasteiger partial charge in [0, 0.05) is 35.7 Å². The maximum atomic E-state index is 12.3. The number of aliphatic hydroxyl groups is 1. The van der Waals surface area contributed by atoms with Crippen LogP contribution in [0.1, 0.15) is 64.0 Å². The van der Waals surface area contributed by atoms with E-state index in [1.165, 1.54) is 18.3 Å². The van der Waals surface area contributed by atoms with Crippen molar-refractivity contribution in [3.63, 3.8) is 0 Å². The Morgan fingerprint density at radius 2 is 1.97 bits per heavy atom. The van der Waals surface area contributed by atoms with Crippen LogP contribution in [-0.2, 0) is 5.41 Å². The highest BCUT2D eigenvalue weighted by molar-refractivity contribution is 7.16. The lowest BCUT2D eigenvalue weighted by Crippen LogP contribution is -2.40. The fraction of sp³-hybridized carbons (Fsp3) is 0.571. The predicted octanol–water partition coefficient (Wildman–Crippen LogP) is 4.15. The molecule has 1 atom stereocenters. The second-order valence-corrected chi connectivity index (χ2v) is 9.62. The molecule has 9 heteroatoms. The van der Waals surface area contributed by atoms with E-state index in [2.05, 4.69) is 48.7 Å². The molecule has 1 saturated heterocycles. The van der Waals surface area contributed by atoms with Crippen molar-refractivity contribution in [1.29, 1.82) is 0 Å². The monoisotopic (exact) mass is 435 g/mol. The third-order valence-electron chi connectivity index (χ3n) is 4.46. The van der Waals surface area contributed by atoms with Crippen molar-refractivity contribution in [1.82, 2.24) is 14.9 Å². The van der Waals surface area contributed by atoms with Crippen LogP contribution in [0.3, 0.4) is 0 Å². The standard InChI is InChI=1S/C19H26N4O2S.C2H7NO/c1-13-7-9-23(10-8-13)18(24)22-17-21-11-14(26-17)5-6-16-20-12-15(25-16)19(2,3)4;1-2(3)4/h5-6,11-13H,7-10H2,1-4H3,(H,21,22,24);2,4H,3H2,1H3/b6-5+;. The van der Waals surface area contributed by atoms with Gasteiger partial charge < -0.3 is 20.2 Å². The Morgan fingerprint density at radius 3 is 2.53 bits per heavy atom. The first kappa shape index (κ1) is 24.0. The van der Waals surface area contributed by atoms with Crippen LogP contribution < -0.4 is 11.1 Å². The number of carbonyl (C=O) groups is 1. The summed E-state index contributed by atoms with van der Waals surface area (Å²) in [6.45, 7) is 11.6. The van der Waals surface area contributed by atoms with E-state index in [9.17, 15) is 4.79 Å². The molecule has 0 spiro atoms. The van der Waals surface area contributed by atoms with Gasteiger partial charge in [-0.3, -0.25) is 5.32 Å². The van der Waals surface area contributed by atoms with Crippen molar-refractivity contribution in [3.8, 4) is 0 Å². The van der Waals surface area contributed by atoms with Crippen LogP contribution in [-0.4, -0.2) is 45.3 Å². The largest absolute Gasteiger partial charge is 0.441 e. The van der Waals surface area contributed by atoms with Gasteiger partial charge in [0.05, 0.1) is 12.4 Å². The molecule has 0 aromatic carbocycles. The van der Waals surface area contributed by atoms with Crippen LogP contribution in [0, 0.1) is 5.92 Å². The van der Waals surface area contributed by atoms with E-state index in [1.54, 1.807) is 12.4 Å². The molecule has 1 fully saturated rings. The van der Waals surface area contributed by atoms with Gasteiger partial charge in [0.25, 0.3) is 0 Å². The summed E-state index contributed by atoms with van der Waals surface area (Å²) < 4.78 is 5.74. The Bertz CT molecular complexity index is 827. The summed E-state index contributed by atoms with van der Waals surface area (Å²) in [5.74, 6) is 2.12. The number of thiazole rings is 1. The molecule has 1 aliphatic rings. The third kappa shape index (κ3) is 7.89. The lowest BCUT2D eigenvalue weighted by molar-refractivity contribution is 0.186. The van der Waals surface area contributed by atoms with E-state index in [0.29, 0.717) is 16.9 Å². The van der Waals surface area contributed by atoms with Crippen LogP contribution in [0.2, 0.25) is 0 Å². The Labute approximate surface area is 182 Å². The number of aliphatic hydroxyl groups excluding tert-OH is 1. The molecule has 2 aromatic heterocycles. The Hall–Kier alpha value is -2.23. The van der Waals surface area contributed by atoms with Gasteiger partial charge >= 0.3 is 6.03 Å². The van der Waals surface area contributed by atoms with E-state index in [0.717, 1.165) is 36.6 Å². The topological polar surface area (TPSA) is 118 Å². The number of hydrogen-bond acceptors (Lipinski definition) is 7. The quantitative estimate of drug-likeness (QED) is 0.624. The highest BCUT2D eigenvalue weighted by Gasteiger charge is 2.21. The third-order valence-corrected chi connectivity index (χ3v) is 5.34. The zero-order valence-electron chi connectivity index (χ0n) is 18.4. The first-order valence-electron chi connectivity index (χ1n) is 10.1. The number of oxazole rings is 1. The summed E-state index contributed by atoms with van der Waals surface area (Å²) in [6, 6.07) is -0.0655. The molecule has 3 heterocycles. The number of rotatable bonds is 3. The number of piperidine rings is 1. The van der Waals surface area contributed by atoms with Gasteiger partial charge in [0.15, 0.2) is 5.13 Å². The second-order valence-electron chi connectivity index (χ2n) is 8.55. The average molecular weight is 436 g/mol. The molecule has 3 rings (SSSR count). The number of anilines is 1. The van der Waals surface area contributed by atoms with E-state index < -0.39 is 6.23 Å². The number of nitrogens with one attached hydrogen (secondary N) is 1. The molecule has 1 unspecified atom stereocenters. The smallest absolute Gasteiger partial charge is 0.323 e. The minimum atomic E-state index is -0.667. The Kier molecular flexibility index (Phi) is 8.57. The van der Waals surface area contributed by atoms with Gasteiger partial charge in [0.2, 0.25) is 5.89 Å². The molecule has 0 radical (unpaired) electrons. The zero-order valence-corrected chi connectivity index (χ0v) is 19.2. The first-order valence-corrected chi connectivity index (χ1v) is 11.0. The number of nitrogens with two attached hydrogens (primary N) is 1. The number of aromatic nitrogens is 2. The summed E-state index contributed by atoms with van der Waals surface area (Å²) >= 11 is 1.43. The molecule has 0 aliphatic carbocycles. The molecule has 1 aliphatic heterocycles. The van der Waals surface area contributed by atoms with E-state index in [4.69, 9.17) is 9.52 Å². The molecule has 0 bridgehead atoms. The summed E-state index contributed by atoms with van der Waals surface area (Å²) in [7, 11) is 0. The fourth-order valence-electron chi connectivity index (χ4n) is 2.67. The summed E-state index contributed by atoms with van der Waals surface area (Å²) in [5.41, 5.74) is 4.60. The van der Waals surface area contributed by atoms with E-state index >= 15 is 0 Å². The van der Waals surface area contributed by atoms with Gasteiger partial charge in [-0.15, -0.1) is 0 Å². The maximum absolute atomic E-state index is 12.3. The molecule has 30 heavy (non-hydrogen) atoms. The lowest BCUT2D eigenvalue weighted by Gasteiger charge is -2.29. The molecular weight excluding hydrogens is 402 g/mol. The molecule has 4 N–H and O–H groups in total. The minimum absolute atomic E-state index is 0.0622. The zero-order chi connectivity index (χ0) is 22.3. The maximum Gasteiger partial charge on any atom is 0.323 e. The number of amides is 2. The molecule has 0 saturated carbocycles. The van der Waals surface area contributed by atoms with Crippen LogP contribution in [0.4, 0.5) is 9.93 Å². The molecule has 2 amide bonds. The second kappa shape index (κ2) is 10.7. The minimum Gasteiger partial charge on any atom is -0.441 e. The highest BCUT2D eigenvalue weighted by Crippen LogP contribution is 2.25. The van der Waals surface area contributed by atoms with Crippen molar-refractivity contribution in [2.24, 2.45) is 11.7 Å². The van der Waals surface area contributed by atoms with Gasteiger partial charge in [-0.25, -0.2) is 14.8 Å². The number of nitrogens with zero attached hydrogens (tertiary/aromatic N) is 3. The van der Waals surface area contributed by atoms with Crippen molar-refractivity contribution >= 4 is 34.7 Å². The molecular formula is C21H33N5O3S. The lowest BCUT2D eigenvalue weighted by atomic mass is 9.94. The summed E-state index contributed by atoms with van der Waals surface area (Å²) in [6.07, 6.45) is 8.67. The predicted molar refractivity (Wildman–Crippen MR) is 121 cm³/mol. The van der Waals surface area contributed by atoms with Crippen molar-refractivity contribution in [2.45, 2.75) is 59.1 Å². The molecule has 8 nitrogen and oxygen atoms in total. The Balaban J connectivity index is 0.000000735. The first-order chi connectivity index (χ1) is 14.0. The SMILES string of the molecule is CC(N)O.CC1CCN(C(=O)Nc2ncc(/C=C/c3ncc(C(C)(C)C)o3)s2)CC1. The van der Waals surface area contributed by atoms with Gasteiger partial charge in [-0.1, -0.05) is 39.0 Å². The van der Waals surface area contributed by atoms with Gasteiger partial charge in [-0.2, -0.15) is 0 Å². The molecule has 2 aromatic rings. The number of hydrogen-bond donors (Lipinski definition) is 3. The van der Waals surface area contributed by atoms with E-state index in [1.807, 2.05) is 17.1 Å². The summed E-state index contributed by atoms with van der Waals surface area (Å²) in [4.78, 5) is 23.6. The highest BCUT2D eigenvalue weighted by atomic mass is 32.1. The van der Waals surface area contributed by atoms with Crippen LogP contribution in [0.15, 0.2) is 16.8 Å². The normalized spacial score (nSPS) is 16.3. The summed E-state index contributed by atoms with van der Waals surface area (Å²) in [5, 5.41) is 11.3. The average Bonchev–Trinajstić information content (AvgIpc) is 3.29. The fourth-order valence-corrected chi connectivity index (χ4v) is 3.38. The van der Waals surface area contributed by atoms with Gasteiger partial charge in [0.1, 0.15) is 5.76 Å².